The quantitative estimate of drug-likeness (QED) is 0.740. The van der Waals surface area contributed by atoms with E-state index in [4.69, 9.17) is 4.42 Å². The Bertz CT molecular complexity index is 783. The molecular formula is C19H25N5O3. The topological polar surface area (TPSA) is 100 Å². The van der Waals surface area contributed by atoms with Crippen molar-refractivity contribution in [2.45, 2.75) is 45.6 Å². The summed E-state index contributed by atoms with van der Waals surface area (Å²) in [5.74, 6) is 1.42. The average Bonchev–Trinajstić information content (AvgIpc) is 3.01. The van der Waals surface area contributed by atoms with E-state index in [1.165, 1.54) is 13.3 Å². The van der Waals surface area contributed by atoms with E-state index in [-0.39, 0.29) is 18.4 Å². The zero-order valence-corrected chi connectivity index (χ0v) is 15.7. The van der Waals surface area contributed by atoms with Crippen molar-refractivity contribution in [2.24, 2.45) is 0 Å². The van der Waals surface area contributed by atoms with Crippen LogP contribution in [0.1, 0.15) is 50.8 Å². The third-order valence-electron chi connectivity index (χ3n) is 4.60. The molecule has 0 unspecified atom stereocenters. The van der Waals surface area contributed by atoms with Crippen molar-refractivity contribution in [3.8, 4) is 0 Å². The van der Waals surface area contributed by atoms with Gasteiger partial charge < -0.3 is 15.1 Å². The first-order valence-corrected chi connectivity index (χ1v) is 9.25. The molecule has 1 fully saturated rings. The smallest absolute Gasteiger partial charge is 0.238 e. The van der Waals surface area contributed by atoms with Crippen LogP contribution in [0, 0.1) is 0 Å². The zero-order chi connectivity index (χ0) is 19.2. The Morgan fingerprint density at radius 3 is 2.37 bits per heavy atom. The molecule has 1 saturated carbocycles. The third-order valence-corrected chi connectivity index (χ3v) is 4.60. The first-order chi connectivity index (χ1) is 13.0. The molecule has 144 valence electrons. The summed E-state index contributed by atoms with van der Waals surface area (Å²) < 4.78 is 5.73. The van der Waals surface area contributed by atoms with Crippen LogP contribution in [0.15, 0.2) is 28.7 Å². The number of carbonyl (C=O) groups is 2. The molecule has 1 aromatic carbocycles. The van der Waals surface area contributed by atoms with Gasteiger partial charge in [0.25, 0.3) is 0 Å². The highest BCUT2D eigenvalue weighted by atomic mass is 16.4. The summed E-state index contributed by atoms with van der Waals surface area (Å²) in [4.78, 5) is 25.3. The lowest BCUT2D eigenvalue weighted by Gasteiger charge is -2.21. The molecule has 0 atom stereocenters. The first-order valence-electron chi connectivity index (χ1n) is 9.25. The molecular weight excluding hydrogens is 346 g/mol. The number of nitrogens with zero attached hydrogens (tertiary/aromatic N) is 3. The van der Waals surface area contributed by atoms with Gasteiger partial charge >= 0.3 is 0 Å². The normalized spacial score (nSPS) is 14.0. The minimum absolute atomic E-state index is 0.122. The van der Waals surface area contributed by atoms with E-state index in [1.807, 2.05) is 11.8 Å². The van der Waals surface area contributed by atoms with Crippen LogP contribution in [0.2, 0.25) is 0 Å². The van der Waals surface area contributed by atoms with Crippen molar-refractivity contribution < 1.29 is 14.0 Å². The Labute approximate surface area is 158 Å². The maximum Gasteiger partial charge on any atom is 0.238 e. The molecule has 2 amide bonds. The van der Waals surface area contributed by atoms with E-state index < -0.39 is 0 Å². The van der Waals surface area contributed by atoms with Gasteiger partial charge in [0.15, 0.2) is 0 Å². The van der Waals surface area contributed by atoms with Crippen LogP contribution < -0.4 is 10.6 Å². The van der Waals surface area contributed by atoms with Crippen molar-refractivity contribution in [2.75, 3.05) is 23.7 Å². The van der Waals surface area contributed by atoms with Gasteiger partial charge in [-0.15, -0.1) is 10.2 Å². The lowest BCUT2D eigenvalue weighted by atomic mass is 9.85. The molecule has 27 heavy (non-hydrogen) atoms. The Morgan fingerprint density at radius 1 is 1.15 bits per heavy atom. The first kappa shape index (κ1) is 19.0. The van der Waals surface area contributed by atoms with E-state index >= 15 is 0 Å². The van der Waals surface area contributed by atoms with Crippen molar-refractivity contribution in [3.63, 3.8) is 0 Å². The van der Waals surface area contributed by atoms with E-state index in [9.17, 15) is 9.59 Å². The maximum absolute atomic E-state index is 12.3. The monoisotopic (exact) mass is 371 g/mol. The molecule has 1 aliphatic rings. The van der Waals surface area contributed by atoms with Crippen LogP contribution in [0.4, 0.5) is 11.4 Å². The van der Waals surface area contributed by atoms with Gasteiger partial charge in [-0.25, -0.2) is 0 Å². The van der Waals surface area contributed by atoms with Gasteiger partial charge in [-0.05, 0) is 43.7 Å². The average molecular weight is 371 g/mol. The van der Waals surface area contributed by atoms with Gasteiger partial charge in [0.1, 0.15) is 0 Å². The summed E-state index contributed by atoms with van der Waals surface area (Å²) in [6.07, 6.45) is 3.44. The molecule has 0 radical (unpaired) electrons. The molecule has 2 N–H and O–H groups in total. The maximum atomic E-state index is 12.3. The van der Waals surface area contributed by atoms with Gasteiger partial charge in [-0.3, -0.25) is 14.5 Å². The van der Waals surface area contributed by atoms with E-state index in [2.05, 4.69) is 20.8 Å². The van der Waals surface area contributed by atoms with Crippen LogP contribution >= 0.6 is 0 Å². The molecule has 0 bridgehead atoms. The minimum atomic E-state index is -0.133. The summed E-state index contributed by atoms with van der Waals surface area (Å²) in [6, 6.07) is 6.99. The molecule has 1 heterocycles. The number of hydrogen-bond acceptors (Lipinski definition) is 6. The second-order valence-corrected chi connectivity index (χ2v) is 6.77. The summed E-state index contributed by atoms with van der Waals surface area (Å²) in [5.41, 5.74) is 1.37. The fraction of sp³-hybridized carbons (Fsp3) is 0.474. The highest BCUT2D eigenvalue weighted by Crippen LogP contribution is 2.35. The molecule has 1 aromatic heterocycles. The second-order valence-electron chi connectivity index (χ2n) is 6.77. The number of amides is 2. The molecule has 1 aliphatic carbocycles. The summed E-state index contributed by atoms with van der Waals surface area (Å²) >= 11 is 0. The molecule has 0 saturated heterocycles. The number of anilines is 2. The number of aromatic nitrogens is 2. The standard InChI is InChI=1S/C19H25N5O3/c1-3-24(12-18-22-23-19(27-18)14-5-4-6-14)11-17(26)21-16-9-7-15(8-10-16)20-13(2)25/h7-10,14H,3-6,11-12H2,1-2H3,(H,20,25)(H,21,26). The van der Waals surface area contributed by atoms with Crippen LogP contribution in [-0.2, 0) is 16.1 Å². The Kier molecular flexibility index (Phi) is 6.18. The van der Waals surface area contributed by atoms with Crippen LogP contribution in [0.5, 0.6) is 0 Å². The largest absolute Gasteiger partial charge is 0.424 e. The third kappa shape index (κ3) is 5.37. The molecule has 3 rings (SSSR count). The van der Waals surface area contributed by atoms with Crippen molar-refractivity contribution in [3.05, 3.63) is 36.0 Å². The Hall–Kier alpha value is -2.74. The number of benzene rings is 1. The predicted molar refractivity (Wildman–Crippen MR) is 101 cm³/mol. The molecule has 8 nitrogen and oxygen atoms in total. The van der Waals surface area contributed by atoms with Gasteiger partial charge in [0.2, 0.25) is 23.6 Å². The summed E-state index contributed by atoms with van der Waals surface area (Å²) in [5, 5.41) is 13.8. The van der Waals surface area contributed by atoms with Gasteiger partial charge in [0.05, 0.1) is 13.1 Å². The highest BCUT2D eigenvalue weighted by molar-refractivity contribution is 5.93. The molecule has 0 aliphatic heterocycles. The zero-order valence-electron chi connectivity index (χ0n) is 15.7. The van der Waals surface area contributed by atoms with Crippen molar-refractivity contribution in [1.82, 2.24) is 15.1 Å². The second kappa shape index (κ2) is 8.77. The van der Waals surface area contributed by atoms with Crippen LogP contribution in [-0.4, -0.2) is 40.0 Å². The lowest BCUT2D eigenvalue weighted by Crippen LogP contribution is -2.32. The van der Waals surface area contributed by atoms with E-state index in [0.29, 0.717) is 36.3 Å². The molecule has 2 aromatic rings. The van der Waals surface area contributed by atoms with Crippen molar-refractivity contribution in [1.29, 1.82) is 0 Å². The number of carbonyl (C=O) groups excluding carboxylic acids is 2. The van der Waals surface area contributed by atoms with Gasteiger partial charge in [-0.1, -0.05) is 13.3 Å². The number of rotatable bonds is 8. The molecule has 8 heteroatoms. The Balaban J connectivity index is 1.50. The summed E-state index contributed by atoms with van der Waals surface area (Å²) in [6.45, 7) is 4.80. The fourth-order valence-electron chi connectivity index (χ4n) is 2.87. The number of likely N-dealkylation sites (N-methyl/N-ethyl adjacent to an activating group) is 1. The Morgan fingerprint density at radius 2 is 1.81 bits per heavy atom. The summed E-state index contributed by atoms with van der Waals surface area (Å²) in [7, 11) is 0. The number of nitrogens with one attached hydrogen (secondary N) is 2. The van der Waals surface area contributed by atoms with E-state index in [0.717, 1.165) is 18.7 Å². The molecule has 0 spiro atoms. The highest BCUT2D eigenvalue weighted by Gasteiger charge is 2.25. The van der Waals surface area contributed by atoms with Gasteiger partial charge in [-0.2, -0.15) is 0 Å². The van der Waals surface area contributed by atoms with Gasteiger partial charge in [0, 0.05) is 24.2 Å². The van der Waals surface area contributed by atoms with Crippen LogP contribution in [0.3, 0.4) is 0 Å². The predicted octanol–water partition coefficient (Wildman–Crippen LogP) is 2.76. The van der Waals surface area contributed by atoms with Crippen molar-refractivity contribution >= 4 is 23.2 Å². The fourth-order valence-corrected chi connectivity index (χ4v) is 2.87. The number of hydrogen-bond donors (Lipinski definition) is 2. The lowest BCUT2D eigenvalue weighted by molar-refractivity contribution is -0.117. The van der Waals surface area contributed by atoms with Crippen LogP contribution in [0.25, 0.3) is 0 Å². The SMILES string of the molecule is CCN(CC(=O)Nc1ccc(NC(C)=O)cc1)Cc1nnc(C2CCC2)o1. The minimum Gasteiger partial charge on any atom is -0.424 e. The van der Waals surface area contributed by atoms with E-state index in [1.54, 1.807) is 24.3 Å².